The highest BCUT2D eigenvalue weighted by atomic mass is 32.2. The molecule has 4 rings (SSSR count). The number of methoxy groups -OCH3 is 1. The van der Waals surface area contributed by atoms with Crippen LogP contribution < -0.4 is 14.2 Å². The summed E-state index contributed by atoms with van der Waals surface area (Å²) >= 11 is 0. The molecule has 1 atom stereocenters. The summed E-state index contributed by atoms with van der Waals surface area (Å²) < 4.78 is 89.6. The van der Waals surface area contributed by atoms with Gasteiger partial charge in [-0.2, -0.15) is 21.6 Å². The van der Waals surface area contributed by atoms with Crippen LogP contribution in [0, 0.1) is 0 Å². The number of alkyl halides is 3. The average Bonchev–Trinajstić information content (AvgIpc) is 3.25. The van der Waals surface area contributed by atoms with Gasteiger partial charge in [-0.3, -0.25) is 0 Å². The Morgan fingerprint density at radius 3 is 2.38 bits per heavy atom. The van der Waals surface area contributed by atoms with Crippen LogP contribution in [0.2, 0.25) is 0 Å². The molecule has 0 fully saturated rings. The molecule has 0 aromatic heterocycles. The van der Waals surface area contributed by atoms with Crippen LogP contribution in [0.4, 0.5) is 13.2 Å². The van der Waals surface area contributed by atoms with Gasteiger partial charge in [0.15, 0.2) is 23.4 Å². The molecule has 2 aromatic carbocycles. The van der Waals surface area contributed by atoms with Crippen LogP contribution >= 0.6 is 0 Å². The van der Waals surface area contributed by atoms with Gasteiger partial charge in [0.1, 0.15) is 11.3 Å². The van der Waals surface area contributed by atoms with Crippen molar-refractivity contribution < 1.29 is 49.5 Å². The van der Waals surface area contributed by atoms with E-state index in [9.17, 15) is 26.4 Å². The first-order valence-electron chi connectivity index (χ1n) is 9.96. The Kier molecular flexibility index (Phi) is 5.88. The van der Waals surface area contributed by atoms with Crippen molar-refractivity contribution in [3.05, 3.63) is 58.7 Å². The number of fused-ring (bicyclic) bond motifs is 2. The van der Waals surface area contributed by atoms with Gasteiger partial charge < -0.3 is 23.1 Å². The topological polar surface area (TPSA) is 97.4 Å². The Morgan fingerprint density at radius 1 is 1.06 bits per heavy atom. The standard InChI is InChI=1S/C22H19F3O8S/c1-11(2)12-4-6-15-14(8-12)20(33-34(27,28)22(23,24)25)18(21(26)29-3)19(32-15)13-5-7-16-17(9-13)31-10-30-16/h4-9,11,19H,10H2,1-3H3. The van der Waals surface area contributed by atoms with Crippen LogP contribution in [-0.2, 0) is 23.8 Å². The summed E-state index contributed by atoms with van der Waals surface area (Å²) in [5.41, 5.74) is -5.49. The summed E-state index contributed by atoms with van der Waals surface area (Å²) in [6, 6.07) is 9.07. The summed E-state index contributed by atoms with van der Waals surface area (Å²) in [5.74, 6) is -1.27. The predicted molar refractivity (Wildman–Crippen MR) is 111 cm³/mol. The zero-order valence-corrected chi connectivity index (χ0v) is 19.0. The fourth-order valence-electron chi connectivity index (χ4n) is 3.50. The molecule has 34 heavy (non-hydrogen) atoms. The lowest BCUT2D eigenvalue weighted by atomic mass is 9.92. The van der Waals surface area contributed by atoms with Crippen LogP contribution in [0.15, 0.2) is 42.0 Å². The molecule has 2 aliphatic heterocycles. The van der Waals surface area contributed by atoms with E-state index in [1.54, 1.807) is 6.07 Å². The second-order valence-electron chi connectivity index (χ2n) is 7.74. The van der Waals surface area contributed by atoms with Crippen LogP contribution in [-0.4, -0.2) is 33.8 Å². The second-order valence-corrected chi connectivity index (χ2v) is 9.28. The first-order chi connectivity index (χ1) is 15.9. The largest absolute Gasteiger partial charge is 0.534 e. The molecule has 12 heteroatoms. The van der Waals surface area contributed by atoms with Crippen LogP contribution in [0.3, 0.4) is 0 Å². The molecule has 1 unspecified atom stereocenters. The van der Waals surface area contributed by atoms with Gasteiger partial charge in [0.2, 0.25) is 6.79 Å². The minimum absolute atomic E-state index is 0.0205. The van der Waals surface area contributed by atoms with E-state index in [0.717, 1.165) is 7.11 Å². The highest BCUT2D eigenvalue weighted by molar-refractivity contribution is 7.87. The number of esters is 1. The molecule has 2 heterocycles. The van der Waals surface area contributed by atoms with Gasteiger partial charge in [0.05, 0.1) is 12.7 Å². The molecular formula is C22H19F3O8S. The fraction of sp³-hybridized carbons (Fsp3) is 0.318. The van der Waals surface area contributed by atoms with E-state index in [2.05, 4.69) is 4.18 Å². The SMILES string of the molecule is COC(=O)C1=C(OS(=O)(=O)C(F)(F)F)c2cc(C(C)C)ccc2OC1c1ccc2c(c1)OCO2. The highest BCUT2D eigenvalue weighted by Gasteiger charge is 2.51. The van der Waals surface area contributed by atoms with Crippen molar-refractivity contribution in [2.45, 2.75) is 31.4 Å². The van der Waals surface area contributed by atoms with E-state index in [1.165, 1.54) is 30.3 Å². The van der Waals surface area contributed by atoms with Crippen LogP contribution in [0.5, 0.6) is 17.2 Å². The quantitative estimate of drug-likeness (QED) is 0.338. The molecule has 0 aliphatic carbocycles. The maximum atomic E-state index is 13.2. The maximum absolute atomic E-state index is 13.2. The molecule has 0 amide bonds. The Balaban J connectivity index is 1.97. The molecular weight excluding hydrogens is 481 g/mol. The normalized spacial score (nSPS) is 17.3. The number of hydrogen-bond donors (Lipinski definition) is 0. The minimum Gasteiger partial charge on any atom is -0.480 e. The lowest BCUT2D eigenvalue weighted by Gasteiger charge is -2.30. The number of halogens is 3. The first kappa shape index (κ1) is 23.7. The van der Waals surface area contributed by atoms with Crippen molar-refractivity contribution in [3.63, 3.8) is 0 Å². The van der Waals surface area contributed by atoms with E-state index in [1.807, 2.05) is 13.8 Å². The number of carbonyl (C=O) groups excluding carboxylic acids is 1. The van der Waals surface area contributed by atoms with Gasteiger partial charge in [-0.15, -0.1) is 0 Å². The lowest BCUT2D eigenvalue weighted by molar-refractivity contribution is -0.137. The van der Waals surface area contributed by atoms with Gasteiger partial charge in [0, 0.05) is 5.56 Å². The van der Waals surface area contributed by atoms with E-state index in [-0.39, 0.29) is 29.6 Å². The summed E-state index contributed by atoms with van der Waals surface area (Å²) in [6.07, 6.45) is -1.36. The summed E-state index contributed by atoms with van der Waals surface area (Å²) in [5, 5.41) is 0. The second kappa shape index (κ2) is 8.42. The van der Waals surface area contributed by atoms with E-state index >= 15 is 0 Å². The molecule has 0 saturated heterocycles. The molecule has 182 valence electrons. The molecule has 0 radical (unpaired) electrons. The van der Waals surface area contributed by atoms with E-state index in [0.29, 0.717) is 17.1 Å². The molecule has 0 bridgehead atoms. The Bertz CT molecular complexity index is 1280. The Morgan fingerprint density at radius 2 is 1.74 bits per heavy atom. The van der Waals surface area contributed by atoms with Gasteiger partial charge in [-0.1, -0.05) is 26.0 Å². The summed E-state index contributed by atoms with van der Waals surface area (Å²) in [4.78, 5) is 12.8. The first-order valence-corrected chi connectivity index (χ1v) is 11.4. The summed E-state index contributed by atoms with van der Waals surface area (Å²) in [6.45, 7) is 3.63. The average molecular weight is 500 g/mol. The zero-order valence-electron chi connectivity index (χ0n) is 18.1. The fourth-order valence-corrected chi connectivity index (χ4v) is 4.00. The third-order valence-electron chi connectivity index (χ3n) is 5.25. The van der Waals surface area contributed by atoms with E-state index in [4.69, 9.17) is 18.9 Å². The third-order valence-corrected chi connectivity index (χ3v) is 6.20. The molecule has 0 N–H and O–H groups in total. The number of benzene rings is 2. The number of ether oxygens (including phenoxy) is 4. The predicted octanol–water partition coefficient (Wildman–Crippen LogP) is 4.42. The molecule has 8 nitrogen and oxygen atoms in total. The molecule has 0 spiro atoms. The van der Waals surface area contributed by atoms with Crippen molar-refractivity contribution in [2.24, 2.45) is 0 Å². The minimum atomic E-state index is -6.13. The zero-order chi connectivity index (χ0) is 24.8. The maximum Gasteiger partial charge on any atom is 0.534 e. The van der Waals surface area contributed by atoms with Gasteiger partial charge in [-0.25, -0.2) is 4.79 Å². The van der Waals surface area contributed by atoms with Crippen molar-refractivity contribution in [1.82, 2.24) is 0 Å². The van der Waals surface area contributed by atoms with Crippen molar-refractivity contribution >= 4 is 21.8 Å². The van der Waals surface area contributed by atoms with E-state index < -0.39 is 39.0 Å². The van der Waals surface area contributed by atoms with Gasteiger partial charge in [0.25, 0.3) is 0 Å². The van der Waals surface area contributed by atoms with Crippen molar-refractivity contribution in [2.75, 3.05) is 13.9 Å². The van der Waals surface area contributed by atoms with Crippen LogP contribution in [0.1, 0.15) is 42.6 Å². The van der Waals surface area contributed by atoms with Crippen molar-refractivity contribution in [3.8, 4) is 17.2 Å². The molecule has 0 saturated carbocycles. The Labute approximate surface area is 192 Å². The molecule has 2 aromatic rings. The van der Waals surface area contributed by atoms with Gasteiger partial charge >= 0.3 is 21.6 Å². The summed E-state index contributed by atoms with van der Waals surface area (Å²) in [7, 11) is -5.13. The molecule has 2 aliphatic rings. The van der Waals surface area contributed by atoms with Gasteiger partial charge in [-0.05, 0) is 35.7 Å². The van der Waals surface area contributed by atoms with Crippen molar-refractivity contribution in [1.29, 1.82) is 0 Å². The number of hydrogen-bond acceptors (Lipinski definition) is 8. The van der Waals surface area contributed by atoms with Crippen LogP contribution in [0.25, 0.3) is 5.76 Å². The monoisotopic (exact) mass is 500 g/mol. The lowest BCUT2D eigenvalue weighted by Crippen LogP contribution is -2.29. The smallest absolute Gasteiger partial charge is 0.480 e. The highest BCUT2D eigenvalue weighted by Crippen LogP contribution is 2.47. The number of carbonyl (C=O) groups is 1. The Hall–Kier alpha value is -3.41. The third kappa shape index (κ3) is 4.13. The number of rotatable bonds is 5.